The highest BCUT2D eigenvalue weighted by Gasteiger charge is 2.53. The standard InChI is InChI=1S/C18H17BrClN2OS/c19-14-4-8-16(9-5-14)21-12-18(23,13-2-6-15(20)7-3-13)22-10-1-11-24-17(21)22/h2-9,23H,1,10-12H2/q+1. The number of aliphatic hydroxyl groups is 1. The lowest BCUT2D eigenvalue weighted by molar-refractivity contribution is -0.656. The monoisotopic (exact) mass is 423 g/mol. The first kappa shape index (κ1) is 16.5. The van der Waals surface area contributed by atoms with Gasteiger partial charge < -0.3 is 5.11 Å². The Morgan fingerprint density at radius 2 is 1.83 bits per heavy atom. The van der Waals surface area contributed by atoms with Crippen LogP contribution in [0.1, 0.15) is 12.0 Å². The molecule has 2 aromatic rings. The summed E-state index contributed by atoms with van der Waals surface area (Å²) in [6.07, 6.45) is 1.07. The van der Waals surface area contributed by atoms with Crippen LogP contribution in [0.3, 0.4) is 0 Å². The van der Waals surface area contributed by atoms with Crippen molar-refractivity contribution in [2.75, 3.05) is 23.7 Å². The van der Waals surface area contributed by atoms with Crippen molar-refractivity contribution in [3.63, 3.8) is 0 Å². The van der Waals surface area contributed by atoms with E-state index in [2.05, 4.69) is 37.5 Å². The SMILES string of the molecule is OC1(c2ccc(Cl)cc2)CN(c2ccc(Br)cc2)C2=[N+]1CCCS2. The number of anilines is 1. The predicted octanol–water partition coefficient (Wildman–Crippen LogP) is 4.27. The van der Waals surface area contributed by atoms with Crippen molar-refractivity contribution in [1.29, 1.82) is 0 Å². The zero-order valence-electron chi connectivity index (χ0n) is 13.0. The molecule has 24 heavy (non-hydrogen) atoms. The van der Waals surface area contributed by atoms with E-state index in [0.717, 1.165) is 39.6 Å². The van der Waals surface area contributed by atoms with Gasteiger partial charge in [0.2, 0.25) is 0 Å². The molecule has 0 aliphatic carbocycles. The third kappa shape index (κ3) is 2.77. The van der Waals surface area contributed by atoms with Crippen molar-refractivity contribution in [2.45, 2.75) is 12.1 Å². The molecule has 0 spiro atoms. The van der Waals surface area contributed by atoms with Gasteiger partial charge in [0.05, 0.1) is 6.54 Å². The molecule has 1 unspecified atom stereocenters. The molecule has 0 fully saturated rings. The second kappa shape index (κ2) is 6.37. The highest BCUT2D eigenvalue weighted by Crippen LogP contribution is 2.38. The number of halogens is 2. The Morgan fingerprint density at radius 1 is 1.12 bits per heavy atom. The number of hydrogen-bond donors (Lipinski definition) is 1. The molecule has 0 bridgehead atoms. The minimum atomic E-state index is -1.03. The molecular weight excluding hydrogens is 408 g/mol. The van der Waals surface area contributed by atoms with Gasteiger partial charge in [0.15, 0.2) is 6.54 Å². The lowest BCUT2D eigenvalue weighted by Gasteiger charge is -2.24. The molecule has 2 heterocycles. The summed E-state index contributed by atoms with van der Waals surface area (Å²) < 4.78 is 3.18. The van der Waals surface area contributed by atoms with E-state index in [0.29, 0.717) is 11.6 Å². The molecule has 1 atom stereocenters. The topological polar surface area (TPSA) is 26.5 Å². The number of benzene rings is 2. The third-order valence-corrected chi connectivity index (χ3v) is 6.46. The summed E-state index contributed by atoms with van der Waals surface area (Å²) in [4.78, 5) is 2.21. The first-order valence-corrected chi connectivity index (χ1v) is 10.0. The van der Waals surface area contributed by atoms with Crippen LogP contribution in [0.4, 0.5) is 5.69 Å². The normalized spacial score (nSPS) is 23.5. The van der Waals surface area contributed by atoms with Gasteiger partial charge >= 0.3 is 5.17 Å². The fourth-order valence-electron chi connectivity index (χ4n) is 3.29. The molecule has 3 nitrogen and oxygen atoms in total. The van der Waals surface area contributed by atoms with Crippen LogP contribution >= 0.6 is 39.3 Å². The smallest absolute Gasteiger partial charge is 0.316 e. The number of β-amino-alcohol motifs (C(OH)–C–C–N with tert-alkyl or cyclic N) is 1. The zero-order valence-corrected chi connectivity index (χ0v) is 16.1. The average molecular weight is 425 g/mol. The molecule has 0 saturated heterocycles. The summed E-state index contributed by atoms with van der Waals surface area (Å²) in [7, 11) is 0. The van der Waals surface area contributed by atoms with Crippen LogP contribution in [0.25, 0.3) is 0 Å². The van der Waals surface area contributed by atoms with E-state index < -0.39 is 5.72 Å². The van der Waals surface area contributed by atoms with Crippen LogP contribution in [0, 0.1) is 0 Å². The summed E-state index contributed by atoms with van der Waals surface area (Å²) >= 11 is 11.3. The first-order chi connectivity index (χ1) is 11.6. The summed E-state index contributed by atoms with van der Waals surface area (Å²) in [5, 5.41) is 13.3. The molecule has 0 radical (unpaired) electrons. The Kier molecular flexibility index (Phi) is 4.37. The highest BCUT2D eigenvalue weighted by atomic mass is 79.9. The van der Waals surface area contributed by atoms with E-state index in [1.165, 1.54) is 0 Å². The van der Waals surface area contributed by atoms with Crippen LogP contribution in [0.2, 0.25) is 5.02 Å². The maximum atomic E-state index is 11.5. The Balaban J connectivity index is 1.78. The van der Waals surface area contributed by atoms with Crippen molar-refractivity contribution in [3.8, 4) is 0 Å². The number of hydrogen-bond acceptors (Lipinski definition) is 3. The molecule has 0 saturated carbocycles. The van der Waals surface area contributed by atoms with Crippen molar-refractivity contribution < 1.29 is 9.68 Å². The van der Waals surface area contributed by atoms with Gasteiger partial charge in [0, 0.05) is 20.8 Å². The summed E-state index contributed by atoms with van der Waals surface area (Å²) in [6.45, 7) is 1.37. The number of nitrogens with zero attached hydrogens (tertiary/aromatic N) is 2. The molecule has 4 rings (SSSR count). The molecule has 1 N–H and O–H groups in total. The largest absolute Gasteiger partial charge is 0.346 e. The molecule has 2 aliphatic heterocycles. The van der Waals surface area contributed by atoms with Crippen molar-refractivity contribution >= 4 is 50.1 Å². The minimum absolute atomic E-state index is 0.512. The van der Waals surface area contributed by atoms with Gasteiger partial charge in [-0.25, -0.2) is 9.48 Å². The van der Waals surface area contributed by atoms with Crippen molar-refractivity contribution in [3.05, 3.63) is 63.6 Å². The second-order valence-electron chi connectivity index (χ2n) is 6.02. The van der Waals surface area contributed by atoms with Crippen molar-refractivity contribution in [2.24, 2.45) is 0 Å². The van der Waals surface area contributed by atoms with Gasteiger partial charge in [0.25, 0.3) is 5.72 Å². The molecule has 2 aliphatic rings. The van der Waals surface area contributed by atoms with Crippen LogP contribution in [0.5, 0.6) is 0 Å². The van der Waals surface area contributed by atoms with E-state index >= 15 is 0 Å². The van der Waals surface area contributed by atoms with Gasteiger partial charge in [-0.2, -0.15) is 0 Å². The van der Waals surface area contributed by atoms with Gasteiger partial charge in [-0.3, -0.25) is 0 Å². The quantitative estimate of drug-likeness (QED) is 0.729. The molecule has 0 aromatic heterocycles. The lowest BCUT2D eigenvalue weighted by Crippen LogP contribution is -2.41. The van der Waals surface area contributed by atoms with E-state index in [4.69, 9.17) is 11.6 Å². The van der Waals surface area contributed by atoms with Crippen LogP contribution in [0.15, 0.2) is 53.0 Å². The summed E-state index contributed by atoms with van der Waals surface area (Å²) in [5.74, 6) is 1.08. The van der Waals surface area contributed by atoms with Crippen molar-refractivity contribution in [1.82, 2.24) is 0 Å². The highest BCUT2D eigenvalue weighted by molar-refractivity contribution is 9.10. The fraction of sp³-hybridized carbons (Fsp3) is 0.278. The van der Waals surface area contributed by atoms with Gasteiger partial charge in [0.1, 0.15) is 5.69 Å². The van der Waals surface area contributed by atoms with Gasteiger partial charge in [-0.1, -0.05) is 39.7 Å². The second-order valence-corrected chi connectivity index (χ2v) is 8.44. The Bertz CT molecular complexity index is 794. The Labute approximate surface area is 159 Å². The summed E-state index contributed by atoms with van der Waals surface area (Å²) in [6, 6.07) is 15.8. The maximum Gasteiger partial charge on any atom is 0.316 e. The van der Waals surface area contributed by atoms with E-state index in [1.54, 1.807) is 0 Å². The first-order valence-electron chi connectivity index (χ1n) is 7.87. The number of rotatable bonds is 2. The van der Waals surface area contributed by atoms with Crippen LogP contribution < -0.4 is 4.90 Å². The molecule has 0 amide bonds. The zero-order chi connectivity index (χ0) is 16.7. The number of amidine groups is 1. The van der Waals surface area contributed by atoms with E-state index in [1.807, 2.05) is 48.2 Å². The van der Waals surface area contributed by atoms with Crippen LogP contribution in [-0.2, 0) is 5.72 Å². The Morgan fingerprint density at radius 3 is 2.54 bits per heavy atom. The number of thioether (sulfide) groups is 1. The molecule has 6 heteroatoms. The third-order valence-electron chi connectivity index (χ3n) is 4.49. The minimum Gasteiger partial charge on any atom is -0.346 e. The van der Waals surface area contributed by atoms with E-state index in [9.17, 15) is 5.11 Å². The molecule has 2 aromatic carbocycles. The van der Waals surface area contributed by atoms with Gasteiger partial charge in [-0.05, 0) is 54.6 Å². The average Bonchev–Trinajstić information content (AvgIpc) is 2.91. The lowest BCUT2D eigenvalue weighted by atomic mass is 10.0. The maximum absolute atomic E-state index is 11.5. The summed E-state index contributed by atoms with van der Waals surface area (Å²) in [5.41, 5.74) is 0.949. The molecule has 124 valence electrons. The van der Waals surface area contributed by atoms with Crippen LogP contribution in [-0.4, -0.2) is 33.7 Å². The Hall–Kier alpha value is -1.01. The van der Waals surface area contributed by atoms with Gasteiger partial charge in [-0.15, -0.1) is 0 Å². The van der Waals surface area contributed by atoms with E-state index in [-0.39, 0.29) is 0 Å². The molecular formula is C18H17BrClN2OS+. The fourth-order valence-corrected chi connectivity index (χ4v) is 4.86. The predicted molar refractivity (Wildman–Crippen MR) is 104 cm³/mol.